The van der Waals surface area contributed by atoms with E-state index in [1.165, 1.54) is 25.3 Å². The van der Waals surface area contributed by atoms with Crippen molar-refractivity contribution in [2.45, 2.75) is 39.0 Å². The van der Waals surface area contributed by atoms with Gasteiger partial charge in [0.15, 0.2) is 0 Å². The topological polar surface area (TPSA) is 64.6 Å². The lowest BCUT2D eigenvalue weighted by Gasteiger charge is -2.20. The SMILES string of the molecule is COc1cc(CC(=O)C(F)(F)F)ccc1NC(=O)OC(C)(C)C. The van der Waals surface area contributed by atoms with Crippen LogP contribution in [0.5, 0.6) is 5.75 Å². The molecule has 5 nitrogen and oxygen atoms in total. The minimum absolute atomic E-state index is 0.124. The number of rotatable bonds is 4. The Hall–Kier alpha value is -2.25. The second-order valence-corrected chi connectivity index (χ2v) is 5.76. The Labute approximate surface area is 131 Å². The predicted molar refractivity (Wildman–Crippen MR) is 77.6 cm³/mol. The Bertz CT molecular complexity index is 591. The third-order valence-electron chi connectivity index (χ3n) is 2.58. The summed E-state index contributed by atoms with van der Waals surface area (Å²) in [6.45, 7) is 5.07. The molecule has 0 saturated carbocycles. The van der Waals surface area contributed by atoms with Crippen LogP contribution >= 0.6 is 0 Å². The summed E-state index contributed by atoms with van der Waals surface area (Å²) in [7, 11) is 1.30. The van der Waals surface area contributed by atoms with E-state index in [4.69, 9.17) is 9.47 Å². The molecule has 1 aromatic rings. The number of carbonyl (C=O) groups excluding carboxylic acids is 2. The van der Waals surface area contributed by atoms with Crippen LogP contribution in [0.3, 0.4) is 0 Å². The van der Waals surface area contributed by atoms with Crippen molar-refractivity contribution in [1.82, 2.24) is 0 Å². The van der Waals surface area contributed by atoms with E-state index in [0.717, 1.165) is 0 Å². The smallest absolute Gasteiger partial charge is 0.450 e. The molecule has 0 aliphatic rings. The van der Waals surface area contributed by atoms with Crippen molar-refractivity contribution < 1.29 is 32.2 Å². The highest BCUT2D eigenvalue weighted by atomic mass is 19.4. The Morgan fingerprint density at radius 1 is 1.17 bits per heavy atom. The zero-order chi connectivity index (χ0) is 17.8. The lowest BCUT2D eigenvalue weighted by Crippen LogP contribution is -2.27. The van der Waals surface area contributed by atoms with Gasteiger partial charge < -0.3 is 9.47 Å². The molecular formula is C15H18F3NO4. The van der Waals surface area contributed by atoms with Crippen LogP contribution < -0.4 is 10.1 Å². The Morgan fingerprint density at radius 3 is 2.26 bits per heavy atom. The average molecular weight is 333 g/mol. The van der Waals surface area contributed by atoms with Gasteiger partial charge in [-0.3, -0.25) is 10.1 Å². The number of Topliss-reactive ketones (excluding diaryl/α,β-unsaturated/α-hetero) is 1. The first kappa shape index (κ1) is 18.8. The number of anilines is 1. The number of benzene rings is 1. The summed E-state index contributed by atoms with van der Waals surface area (Å²) >= 11 is 0. The molecular weight excluding hydrogens is 315 g/mol. The minimum atomic E-state index is -4.89. The second-order valence-electron chi connectivity index (χ2n) is 5.76. The van der Waals surface area contributed by atoms with Gasteiger partial charge in [-0.25, -0.2) is 4.79 Å². The van der Waals surface area contributed by atoms with E-state index < -0.39 is 30.1 Å². The number of carbonyl (C=O) groups is 2. The molecule has 0 bridgehead atoms. The lowest BCUT2D eigenvalue weighted by molar-refractivity contribution is -0.170. The zero-order valence-electron chi connectivity index (χ0n) is 13.2. The standard InChI is InChI=1S/C15H18F3NO4/c1-14(2,3)23-13(21)19-10-6-5-9(7-11(10)22-4)8-12(20)15(16,17)18/h5-7H,8H2,1-4H3,(H,19,21). The largest absolute Gasteiger partial charge is 0.495 e. The van der Waals surface area contributed by atoms with Crippen molar-refractivity contribution in [2.75, 3.05) is 12.4 Å². The highest BCUT2D eigenvalue weighted by molar-refractivity contribution is 5.88. The number of halogens is 3. The highest BCUT2D eigenvalue weighted by Crippen LogP contribution is 2.28. The van der Waals surface area contributed by atoms with E-state index in [1.807, 2.05) is 0 Å². The monoisotopic (exact) mass is 333 g/mol. The molecule has 0 unspecified atom stereocenters. The number of hydrogen-bond donors (Lipinski definition) is 1. The van der Waals surface area contributed by atoms with Gasteiger partial charge in [-0.05, 0) is 38.5 Å². The first-order valence-electron chi connectivity index (χ1n) is 6.69. The van der Waals surface area contributed by atoms with Crippen molar-refractivity contribution >= 4 is 17.6 Å². The molecule has 128 valence electrons. The van der Waals surface area contributed by atoms with E-state index in [2.05, 4.69) is 5.32 Å². The number of ketones is 1. The van der Waals surface area contributed by atoms with E-state index in [-0.39, 0.29) is 17.0 Å². The number of hydrogen-bond acceptors (Lipinski definition) is 4. The molecule has 23 heavy (non-hydrogen) atoms. The van der Waals surface area contributed by atoms with E-state index in [0.29, 0.717) is 0 Å². The third-order valence-corrected chi connectivity index (χ3v) is 2.58. The molecule has 1 rings (SSSR count). The van der Waals surface area contributed by atoms with Gasteiger partial charge in [-0.2, -0.15) is 13.2 Å². The van der Waals surface area contributed by atoms with Crippen LogP contribution in [-0.2, 0) is 16.0 Å². The maximum absolute atomic E-state index is 12.3. The minimum Gasteiger partial charge on any atom is -0.495 e. The van der Waals surface area contributed by atoms with Gasteiger partial charge in [-0.1, -0.05) is 6.07 Å². The fourth-order valence-electron chi connectivity index (χ4n) is 1.65. The van der Waals surface area contributed by atoms with Gasteiger partial charge >= 0.3 is 12.3 Å². The van der Waals surface area contributed by atoms with Crippen LogP contribution in [0.15, 0.2) is 18.2 Å². The molecule has 0 aliphatic heterocycles. The van der Waals surface area contributed by atoms with Crippen LogP contribution in [0.2, 0.25) is 0 Å². The molecule has 0 spiro atoms. The van der Waals surface area contributed by atoms with Gasteiger partial charge in [-0.15, -0.1) is 0 Å². The van der Waals surface area contributed by atoms with Crippen LogP contribution in [0, 0.1) is 0 Å². The van der Waals surface area contributed by atoms with Crippen molar-refractivity contribution in [3.05, 3.63) is 23.8 Å². The maximum Gasteiger partial charge on any atom is 0.450 e. The van der Waals surface area contributed by atoms with E-state index in [1.54, 1.807) is 20.8 Å². The van der Waals surface area contributed by atoms with Gasteiger partial charge in [0.1, 0.15) is 11.4 Å². The van der Waals surface area contributed by atoms with Gasteiger partial charge in [0, 0.05) is 6.42 Å². The molecule has 1 N–H and O–H groups in total. The zero-order valence-corrected chi connectivity index (χ0v) is 13.2. The number of methoxy groups -OCH3 is 1. The van der Waals surface area contributed by atoms with Crippen molar-refractivity contribution in [3.63, 3.8) is 0 Å². The lowest BCUT2D eigenvalue weighted by atomic mass is 10.1. The molecule has 0 fully saturated rings. The fourth-order valence-corrected chi connectivity index (χ4v) is 1.65. The Morgan fingerprint density at radius 2 is 1.78 bits per heavy atom. The summed E-state index contributed by atoms with van der Waals surface area (Å²) < 4.78 is 46.9. The molecule has 1 amide bonds. The van der Waals surface area contributed by atoms with Crippen LogP contribution in [0.25, 0.3) is 0 Å². The molecule has 0 aliphatic carbocycles. The Balaban J connectivity index is 2.89. The predicted octanol–water partition coefficient (Wildman–Crippen LogP) is 3.72. The molecule has 0 atom stereocenters. The van der Waals surface area contributed by atoms with Crippen LogP contribution in [0.1, 0.15) is 26.3 Å². The molecule has 8 heteroatoms. The van der Waals surface area contributed by atoms with E-state index >= 15 is 0 Å². The molecule has 0 saturated heterocycles. The van der Waals surface area contributed by atoms with Gasteiger partial charge in [0.25, 0.3) is 0 Å². The van der Waals surface area contributed by atoms with Crippen LogP contribution in [0.4, 0.5) is 23.7 Å². The van der Waals surface area contributed by atoms with Crippen LogP contribution in [-0.4, -0.2) is 30.8 Å². The summed E-state index contributed by atoms with van der Waals surface area (Å²) in [6.07, 6.45) is -6.41. The van der Waals surface area contributed by atoms with Gasteiger partial charge in [0.05, 0.1) is 12.8 Å². The van der Waals surface area contributed by atoms with Crippen molar-refractivity contribution in [2.24, 2.45) is 0 Å². The van der Waals surface area contributed by atoms with Crippen molar-refractivity contribution in [3.8, 4) is 5.75 Å². The molecule has 0 radical (unpaired) electrons. The first-order chi connectivity index (χ1) is 10.4. The first-order valence-corrected chi connectivity index (χ1v) is 6.69. The fraction of sp³-hybridized carbons (Fsp3) is 0.467. The van der Waals surface area contributed by atoms with Crippen molar-refractivity contribution in [1.29, 1.82) is 0 Å². The van der Waals surface area contributed by atoms with E-state index in [9.17, 15) is 22.8 Å². The maximum atomic E-state index is 12.3. The number of amides is 1. The quantitative estimate of drug-likeness (QED) is 0.912. The molecule has 1 aromatic carbocycles. The number of alkyl halides is 3. The summed E-state index contributed by atoms with van der Waals surface area (Å²) in [5.74, 6) is -1.73. The Kier molecular flexibility index (Phi) is 5.63. The third kappa shape index (κ3) is 6.17. The summed E-state index contributed by atoms with van der Waals surface area (Å²) in [4.78, 5) is 22.7. The van der Waals surface area contributed by atoms with Gasteiger partial charge in [0.2, 0.25) is 5.78 Å². The summed E-state index contributed by atoms with van der Waals surface area (Å²) in [6, 6.07) is 3.91. The molecule has 0 heterocycles. The number of nitrogens with one attached hydrogen (secondary N) is 1. The average Bonchev–Trinajstić information content (AvgIpc) is 2.37. The summed E-state index contributed by atoms with van der Waals surface area (Å²) in [5.41, 5.74) is -0.347. The number of ether oxygens (including phenoxy) is 2. The molecule has 0 aromatic heterocycles. The normalized spacial score (nSPS) is 11.8. The highest BCUT2D eigenvalue weighted by Gasteiger charge is 2.37. The summed E-state index contributed by atoms with van der Waals surface area (Å²) in [5, 5.41) is 2.44. The second kappa shape index (κ2) is 6.89.